The van der Waals surface area contributed by atoms with Gasteiger partial charge in [0.2, 0.25) is 0 Å². The number of nitrogens with zero attached hydrogens (tertiary/aromatic N) is 1. The summed E-state index contributed by atoms with van der Waals surface area (Å²) in [4.78, 5) is 25.3. The molecule has 0 saturated carbocycles. The van der Waals surface area contributed by atoms with Crippen LogP contribution in [0.1, 0.15) is 22.8 Å². The first kappa shape index (κ1) is 18.4. The zero-order chi connectivity index (χ0) is 19.2. The number of carbonyl (C=O) groups excluding carboxylic acids is 1. The lowest BCUT2D eigenvalue weighted by molar-refractivity contribution is 0.102. The molecular formula is C21H19FN2O3. The van der Waals surface area contributed by atoms with Gasteiger partial charge in [0.1, 0.15) is 17.1 Å². The molecule has 27 heavy (non-hydrogen) atoms. The molecule has 0 atom stereocenters. The monoisotopic (exact) mass is 366 g/mol. The Morgan fingerprint density at radius 1 is 1.11 bits per heavy atom. The molecular weight excluding hydrogens is 347 g/mol. The van der Waals surface area contributed by atoms with Crippen LogP contribution in [0.3, 0.4) is 0 Å². The maximum atomic E-state index is 13.4. The second kappa shape index (κ2) is 8.31. The number of anilines is 1. The summed E-state index contributed by atoms with van der Waals surface area (Å²) >= 11 is 0. The highest BCUT2D eigenvalue weighted by atomic mass is 19.1. The molecule has 2 aromatic carbocycles. The van der Waals surface area contributed by atoms with Crippen LogP contribution in [0, 0.1) is 5.82 Å². The predicted molar refractivity (Wildman–Crippen MR) is 102 cm³/mol. The van der Waals surface area contributed by atoms with Gasteiger partial charge < -0.3 is 14.6 Å². The second-order valence-corrected chi connectivity index (χ2v) is 5.87. The molecule has 0 unspecified atom stereocenters. The minimum Gasteiger partial charge on any atom is -0.492 e. The Kier molecular flexibility index (Phi) is 5.66. The number of hydrogen-bond donors (Lipinski definition) is 1. The average Bonchev–Trinajstić information content (AvgIpc) is 2.65. The van der Waals surface area contributed by atoms with Gasteiger partial charge in [0, 0.05) is 6.20 Å². The van der Waals surface area contributed by atoms with Crippen LogP contribution in [0.2, 0.25) is 0 Å². The van der Waals surface area contributed by atoms with E-state index in [0.717, 1.165) is 0 Å². The lowest BCUT2D eigenvalue weighted by atomic mass is 10.2. The third-order valence-electron chi connectivity index (χ3n) is 3.94. The minimum absolute atomic E-state index is 0.000189. The summed E-state index contributed by atoms with van der Waals surface area (Å²) in [7, 11) is 0. The third kappa shape index (κ3) is 4.41. The number of para-hydroxylation sites is 2. The first-order valence-electron chi connectivity index (χ1n) is 8.55. The SMILES string of the molecule is CCOc1ccccc1NC(=O)c1cccn(Cc2cccc(F)c2)c1=O. The average molecular weight is 366 g/mol. The molecule has 0 saturated heterocycles. The van der Waals surface area contributed by atoms with Gasteiger partial charge in [-0.15, -0.1) is 0 Å². The number of amides is 1. The van der Waals surface area contributed by atoms with Crippen LogP contribution >= 0.6 is 0 Å². The van der Waals surface area contributed by atoms with Crippen molar-refractivity contribution in [3.8, 4) is 5.75 Å². The number of ether oxygens (including phenoxy) is 1. The largest absolute Gasteiger partial charge is 0.492 e. The molecule has 1 heterocycles. The Bertz CT molecular complexity index is 1010. The quantitative estimate of drug-likeness (QED) is 0.724. The zero-order valence-electron chi connectivity index (χ0n) is 14.8. The van der Waals surface area contributed by atoms with Gasteiger partial charge in [0.25, 0.3) is 11.5 Å². The number of pyridine rings is 1. The van der Waals surface area contributed by atoms with Crippen molar-refractivity contribution in [1.82, 2.24) is 4.57 Å². The Balaban J connectivity index is 1.85. The summed E-state index contributed by atoms with van der Waals surface area (Å²) in [6.45, 7) is 2.48. The van der Waals surface area contributed by atoms with E-state index in [-0.39, 0.29) is 17.9 Å². The zero-order valence-corrected chi connectivity index (χ0v) is 14.8. The van der Waals surface area contributed by atoms with Gasteiger partial charge in [-0.2, -0.15) is 0 Å². The first-order chi connectivity index (χ1) is 13.1. The number of rotatable bonds is 6. The summed E-state index contributed by atoms with van der Waals surface area (Å²) in [5.74, 6) is -0.368. The number of aromatic nitrogens is 1. The molecule has 0 aliphatic rings. The molecule has 0 fully saturated rings. The van der Waals surface area contributed by atoms with Crippen LogP contribution < -0.4 is 15.6 Å². The maximum absolute atomic E-state index is 13.4. The molecule has 1 amide bonds. The lowest BCUT2D eigenvalue weighted by Crippen LogP contribution is -2.29. The summed E-state index contributed by atoms with van der Waals surface area (Å²) < 4.78 is 20.2. The number of halogens is 1. The maximum Gasteiger partial charge on any atom is 0.263 e. The summed E-state index contributed by atoms with van der Waals surface area (Å²) in [5.41, 5.74) is 0.675. The standard InChI is InChI=1S/C21H19FN2O3/c1-2-27-19-11-4-3-10-18(19)23-20(25)17-9-6-12-24(21(17)26)14-15-7-5-8-16(22)13-15/h3-13H,2,14H2,1H3,(H,23,25). The van der Waals surface area contributed by atoms with Crippen LogP contribution in [-0.4, -0.2) is 17.1 Å². The van der Waals surface area contributed by atoms with E-state index in [2.05, 4.69) is 5.32 Å². The Labute approximate surface area is 156 Å². The van der Waals surface area contributed by atoms with Gasteiger partial charge in [-0.25, -0.2) is 4.39 Å². The van der Waals surface area contributed by atoms with E-state index in [9.17, 15) is 14.0 Å². The number of carbonyl (C=O) groups is 1. The Hall–Kier alpha value is -3.41. The number of hydrogen-bond acceptors (Lipinski definition) is 3. The van der Waals surface area contributed by atoms with Crippen molar-refractivity contribution >= 4 is 11.6 Å². The molecule has 0 spiro atoms. The van der Waals surface area contributed by atoms with Gasteiger partial charge >= 0.3 is 0 Å². The minimum atomic E-state index is -0.527. The molecule has 0 bridgehead atoms. The fraction of sp³-hybridized carbons (Fsp3) is 0.143. The number of nitrogens with one attached hydrogen (secondary N) is 1. The van der Waals surface area contributed by atoms with Crippen LogP contribution in [0.15, 0.2) is 71.7 Å². The molecule has 0 aliphatic carbocycles. The molecule has 6 heteroatoms. The van der Waals surface area contributed by atoms with Crippen LogP contribution in [0.4, 0.5) is 10.1 Å². The Morgan fingerprint density at radius 3 is 2.70 bits per heavy atom. The Morgan fingerprint density at radius 2 is 1.93 bits per heavy atom. The van der Waals surface area contributed by atoms with Crippen LogP contribution in [0.25, 0.3) is 0 Å². The summed E-state index contributed by atoms with van der Waals surface area (Å²) in [6, 6.07) is 16.1. The highest BCUT2D eigenvalue weighted by molar-refractivity contribution is 6.04. The van der Waals surface area contributed by atoms with E-state index in [1.54, 1.807) is 48.7 Å². The van der Waals surface area contributed by atoms with Crippen molar-refractivity contribution in [2.24, 2.45) is 0 Å². The van der Waals surface area contributed by atoms with E-state index < -0.39 is 11.5 Å². The molecule has 1 N–H and O–H groups in total. The third-order valence-corrected chi connectivity index (χ3v) is 3.94. The second-order valence-electron chi connectivity index (χ2n) is 5.87. The van der Waals surface area contributed by atoms with Crippen molar-refractivity contribution in [2.45, 2.75) is 13.5 Å². The molecule has 3 aromatic rings. The van der Waals surface area contributed by atoms with E-state index >= 15 is 0 Å². The van der Waals surface area contributed by atoms with E-state index in [4.69, 9.17) is 4.74 Å². The van der Waals surface area contributed by atoms with Gasteiger partial charge in [0.15, 0.2) is 0 Å². The van der Waals surface area contributed by atoms with Gasteiger partial charge in [-0.1, -0.05) is 24.3 Å². The van der Waals surface area contributed by atoms with E-state index in [1.807, 2.05) is 6.92 Å². The summed E-state index contributed by atoms with van der Waals surface area (Å²) in [5, 5.41) is 2.72. The number of benzene rings is 2. The van der Waals surface area contributed by atoms with Gasteiger partial charge in [-0.05, 0) is 48.9 Å². The lowest BCUT2D eigenvalue weighted by Gasteiger charge is -2.12. The first-order valence-corrected chi connectivity index (χ1v) is 8.55. The van der Waals surface area contributed by atoms with Crippen molar-refractivity contribution in [1.29, 1.82) is 0 Å². The van der Waals surface area contributed by atoms with Crippen molar-refractivity contribution < 1.29 is 13.9 Å². The molecule has 5 nitrogen and oxygen atoms in total. The molecule has 0 aliphatic heterocycles. The highest BCUT2D eigenvalue weighted by Gasteiger charge is 2.14. The van der Waals surface area contributed by atoms with Crippen molar-refractivity contribution in [3.05, 3.63) is 94.2 Å². The molecule has 3 rings (SSSR count). The van der Waals surface area contributed by atoms with E-state index in [1.165, 1.54) is 22.8 Å². The normalized spacial score (nSPS) is 10.4. The van der Waals surface area contributed by atoms with Crippen molar-refractivity contribution in [3.63, 3.8) is 0 Å². The van der Waals surface area contributed by atoms with Crippen LogP contribution in [0.5, 0.6) is 5.75 Å². The fourth-order valence-corrected chi connectivity index (χ4v) is 2.71. The fourth-order valence-electron chi connectivity index (χ4n) is 2.71. The van der Waals surface area contributed by atoms with Gasteiger partial charge in [-0.3, -0.25) is 9.59 Å². The molecule has 0 radical (unpaired) electrons. The van der Waals surface area contributed by atoms with E-state index in [0.29, 0.717) is 23.6 Å². The highest BCUT2D eigenvalue weighted by Crippen LogP contribution is 2.24. The van der Waals surface area contributed by atoms with Crippen LogP contribution in [-0.2, 0) is 6.54 Å². The van der Waals surface area contributed by atoms with Crippen molar-refractivity contribution in [2.75, 3.05) is 11.9 Å². The van der Waals surface area contributed by atoms with Gasteiger partial charge in [0.05, 0.1) is 18.8 Å². The smallest absolute Gasteiger partial charge is 0.263 e. The topological polar surface area (TPSA) is 60.3 Å². The molecule has 1 aromatic heterocycles. The predicted octanol–water partition coefficient (Wildman–Crippen LogP) is 3.69. The summed E-state index contributed by atoms with van der Waals surface area (Å²) in [6.07, 6.45) is 1.57. The molecule has 138 valence electrons.